The highest BCUT2D eigenvalue weighted by atomic mass is 79.9. The van der Waals surface area contributed by atoms with Gasteiger partial charge in [0, 0.05) is 23.2 Å². The normalized spacial score (nSPS) is 15.8. The summed E-state index contributed by atoms with van der Waals surface area (Å²) in [4.78, 5) is 0. The number of hydrogen-bond donors (Lipinski definition) is 0. The van der Waals surface area contributed by atoms with E-state index in [-0.39, 0.29) is 0 Å². The molecule has 0 aromatic carbocycles. The fourth-order valence-electron chi connectivity index (χ4n) is 0.586. The summed E-state index contributed by atoms with van der Waals surface area (Å²) in [5, 5.41) is -12.1. The summed E-state index contributed by atoms with van der Waals surface area (Å²) in [6.45, 7) is 0. The summed E-state index contributed by atoms with van der Waals surface area (Å²) in [7, 11) is -5.93. The molecule has 0 radical (unpaired) electrons. The van der Waals surface area contributed by atoms with Gasteiger partial charge in [0.15, 0.2) is 0 Å². The summed E-state index contributed by atoms with van der Waals surface area (Å²) in [5.74, 6) is 0. The van der Waals surface area contributed by atoms with Crippen LogP contribution in [0.1, 0.15) is 0 Å². The van der Waals surface area contributed by atoms with Crippen molar-refractivity contribution in [2.24, 2.45) is 0 Å². The summed E-state index contributed by atoms with van der Waals surface area (Å²) < 4.78 is 123. The average Bonchev–Trinajstić information content (AvgIpc) is 2.12. The van der Waals surface area contributed by atoms with Gasteiger partial charge in [-0.1, -0.05) is 0 Å². The molecular formula is C5H3BrClF8NO3S. The zero-order valence-electron chi connectivity index (χ0n) is 8.86. The highest BCUT2D eigenvalue weighted by molar-refractivity contribution is 9.08. The Labute approximate surface area is 120 Å². The van der Waals surface area contributed by atoms with Crippen LogP contribution < -0.4 is 0 Å². The second-order valence-corrected chi connectivity index (χ2v) is 7.06. The minimum absolute atomic E-state index is 0.299. The van der Waals surface area contributed by atoms with Gasteiger partial charge in [0.2, 0.25) is 0 Å². The zero-order valence-corrected chi connectivity index (χ0v) is 12.0. The fourth-order valence-corrected chi connectivity index (χ4v) is 1.83. The fraction of sp³-hybridized carbons (Fsp3) is 1.00. The second-order valence-electron chi connectivity index (χ2n) is 3.05. The molecule has 0 atom stereocenters. The molecule has 122 valence electrons. The highest BCUT2D eigenvalue weighted by Gasteiger charge is 2.74. The zero-order chi connectivity index (χ0) is 16.8. The Morgan fingerprint density at radius 1 is 1.00 bits per heavy atom. The first kappa shape index (κ1) is 20.1. The van der Waals surface area contributed by atoms with Crippen LogP contribution in [0.15, 0.2) is 0 Å². The smallest absolute Gasteiger partial charge is 0.243 e. The minimum atomic E-state index is -6.50. The summed E-state index contributed by atoms with van der Waals surface area (Å²) in [6, 6.07) is 0. The van der Waals surface area contributed by atoms with Crippen molar-refractivity contribution >= 4 is 37.8 Å². The van der Waals surface area contributed by atoms with E-state index in [1.165, 1.54) is 0 Å². The SMILES string of the molecule is CN(Br)S(=O)(=O)C(F)(F)C(F)(F)OC(F)(F)C(F)(F)Cl. The van der Waals surface area contributed by atoms with E-state index >= 15 is 0 Å². The third-order valence-electron chi connectivity index (χ3n) is 1.58. The number of hydrogen-bond acceptors (Lipinski definition) is 3. The number of alkyl halides is 9. The van der Waals surface area contributed by atoms with E-state index in [0.29, 0.717) is 7.05 Å². The molecule has 0 saturated carbocycles. The molecule has 0 aliphatic heterocycles. The van der Waals surface area contributed by atoms with Crippen molar-refractivity contribution < 1.29 is 48.3 Å². The summed E-state index contributed by atoms with van der Waals surface area (Å²) in [5.41, 5.74) is 0. The molecule has 0 N–H and O–H groups in total. The standard InChI is InChI=1S/C5H3BrClF8NO3S/c1-16(6)20(17,18)5(14,15)4(12,13)19-3(10,11)2(7,8)9/h1H3. The lowest BCUT2D eigenvalue weighted by Crippen LogP contribution is -2.56. The van der Waals surface area contributed by atoms with Gasteiger partial charge < -0.3 is 0 Å². The van der Waals surface area contributed by atoms with Gasteiger partial charge in [-0.15, -0.1) is 3.33 Å². The van der Waals surface area contributed by atoms with Gasteiger partial charge in [-0.25, -0.2) is 13.2 Å². The molecule has 0 spiro atoms. The molecule has 0 aromatic heterocycles. The summed E-state index contributed by atoms with van der Waals surface area (Å²) >= 11 is 5.56. The van der Waals surface area contributed by atoms with Crippen LogP contribution in [-0.4, -0.2) is 41.7 Å². The lowest BCUT2D eigenvalue weighted by atomic mass is 10.6. The monoisotopic (exact) mass is 423 g/mol. The Kier molecular flexibility index (Phi) is 5.39. The average molecular weight is 424 g/mol. The first-order chi connectivity index (χ1) is 8.40. The van der Waals surface area contributed by atoms with Crippen molar-refractivity contribution in [3.05, 3.63) is 0 Å². The molecule has 4 nitrogen and oxygen atoms in total. The third-order valence-corrected chi connectivity index (χ3v) is 4.49. The number of nitrogens with zero attached hydrogens (tertiary/aromatic N) is 1. The largest absolute Gasteiger partial charge is 0.449 e. The van der Waals surface area contributed by atoms with E-state index in [1.54, 1.807) is 0 Å². The lowest BCUT2D eigenvalue weighted by molar-refractivity contribution is -0.442. The molecule has 0 aromatic rings. The van der Waals surface area contributed by atoms with Crippen LogP contribution in [0, 0.1) is 0 Å². The molecule has 0 saturated heterocycles. The van der Waals surface area contributed by atoms with E-state index in [0.717, 1.165) is 0 Å². The molecule has 20 heavy (non-hydrogen) atoms. The Morgan fingerprint density at radius 2 is 1.35 bits per heavy atom. The number of halogens is 10. The van der Waals surface area contributed by atoms with Gasteiger partial charge in [0.05, 0.1) is 0 Å². The topological polar surface area (TPSA) is 46.6 Å². The molecule has 0 bridgehead atoms. The Balaban J connectivity index is 5.67. The molecule has 0 heterocycles. The van der Waals surface area contributed by atoms with Gasteiger partial charge in [-0.2, -0.15) is 35.1 Å². The van der Waals surface area contributed by atoms with Crippen LogP contribution in [0.2, 0.25) is 0 Å². The van der Waals surface area contributed by atoms with Crippen molar-refractivity contribution in [1.82, 2.24) is 3.33 Å². The van der Waals surface area contributed by atoms with Gasteiger partial charge in [0.25, 0.3) is 10.0 Å². The molecular weight excluding hydrogens is 421 g/mol. The van der Waals surface area contributed by atoms with Gasteiger partial charge in [0.1, 0.15) is 0 Å². The van der Waals surface area contributed by atoms with E-state index in [1.807, 2.05) is 20.9 Å². The van der Waals surface area contributed by atoms with E-state index in [4.69, 9.17) is 0 Å². The van der Waals surface area contributed by atoms with Crippen molar-refractivity contribution in [2.75, 3.05) is 7.05 Å². The number of rotatable bonds is 6. The molecule has 0 fully saturated rings. The molecule has 0 unspecified atom stereocenters. The maximum Gasteiger partial charge on any atom is 0.449 e. The molecule has 0 rings (SSSR count). The molecule has 0 aliphatic rings. The Bertz CT molecular complexity index is 463. The van der Waals surface area contributed by atoms with Crippen molar-refractivity contribution in [3.63, 3.8) is 0 Å². The van der Waals surface area contributed by atoms with Crippen molar-refractivity contribution in [1.29, 1.82) is 0 Å². The second kappa shape index (κ2) is 5.37. The predicted molar refractivity (Wildman–Crippen MR) is 52.3 cm³/mol. The van der Waals surface area contributed by atoms with Crippen molar-refractivity contribution in [2.45, 2.75) is 22.9 Å². The van der Waals surface area contributed by atoms with Crippen LogP contribution in [0.4, 0.5) is 35.1 Å². The Hall–Kier alpha value is 0.0800. The van der Waals surface area contributed by atoms with Gasteiger partial charge in [-0.3, -0.25) is 0 Å². The lowest BCUT2D eigenvalue weighted by Gasteiger charge is -2.31. The highest BCUT2D eigenvalue weighted by Crippen LogP contribution is 2.48. The predicted octanol–water partition coefficient (Wildman–Crippen LogP) is 3.18. The maximum atomic E-state index is 13.0. The van der Waals surface area contributed by atoms with Crippen LogP contribution >= 0.6 is 27.7 Å². The third kappa shape index (κ3) is 3.45. The molecule has 0 amide bonds. The van der Waals surface area contributed by atoms with Gasteiger partial charge >= 0.3 is 22.9 Å². The van der Waals surface area contributed by atoms with Crippen LogP contribution in [0.25, 0.3) is 0 Å². The molecule has 0 aliphatic carbocycles. The summed E-state index contributed by atoms with van der Waals surface area (Å²) in [6.07, 6.45) is -12.8. The van der Waals surface area contributed by atoms with E-state index in [2.05, 4.69) is 11.6 Å². The Morgan fingerprint density at radius 3 is 1.60 bits per heavy atom. The van der Waals surface area contributed by atoms with E-state index in [9.17, 15) is 43.5 Å². The number of ether oxygens (including phenoxy) is 1. The number of sulfonamides is 1. The van der Waals surface area contributed by atoms with E-state index < -0.39 is 36.2 Å². The van der Waals surface area contributed by atoms with Gasteiger partial charge in [-0.05, 0) is 11.6 Å². The first-order valence-corrected chi connectivity index (χ1v) is 6.47. The van der Waals surface area contributed by atoms with Crippen LogP contribution in [0.3, 0.4) is 0 Å². The first-order valence-electron chi connectivity index (χ1n) is 3.95. The quantitative estimate of drug-likeness (QED) is 0.374. The maximum absolute atomic E-state index is 13.0. The minimum Gasteiger partial charge on any atom is -0.243 e. The van der Waals surface area contributed by atoms with Crippen LogP contribution in [0.5, 0.6) is 0 Å². The van der Waals surface area contributed by atoms with Crippen molar-refractivity contribution in [3.8, 4) is 0 Å². The molecule has 15 heteroatoms. The van der Waals surface area contributed by atoms with Crippen LogP contribution in [-0.2, 0) is 14.8 Å².